The van der Waals surface area contributed by atoms with Gasteiger partial charge in [-0.15, -0.1) is 0 Å². The molecule has 3 aromatic rings. The van der Waals surface area contributed by atoms with Crippen LogP contribution in [0, 0.1) is 5.82 Å². The Labute approximate surface area is 179 Å². The van der Waals surface area contributed by atoms with E-state index in [9.17, 15) is 14.0 Å². The highest BCUT2D eigenvalue weighted by molar-refractivity contribution is 6.12. The Morgan fingerprint density at radius 3 is 2.58 bits per heavy atom. The van der Waals surface area contributed by atoms with Crippen LogP contribution in [-0.4, -0.2) is 18.4 Å². The van der Waals surface area contributed by atoms with Crippen LogP contribution in [0.2, 0.25) is 0 Å². The molecule has 1 aliphatic heterocycles. The number of para-hydroxylation sites is 2. The number of benzene rings is 3. The molecule has 3 aromatic carbocycles. The Kier molecular flexibility index (Phi) is 5.80. The topological polar surface area (TPSA) is 58.6 Å². The number of rotatable bonds is 5. The minimum Gasteiger partial charge on any atom is -0.449 e. The van der Waals surface area contributed by atoms with Crippen LogP contribution in [0.5, 0.6) is 5.75 Å². The molecule has 4 rings (SSSR count). The fourth-order valence-electron chi connectivity index (χ4n) is 3.42. The van der Waals surface area contributed by atoms with Crippen LogP contribution in [0.4, 0.5) is 10.1 Å². The fourth-order valence-corrected chi connectivity index (χ4v) is 3.42. The molecule has 0 spiro atoms. The maximum Gasteiger partial charge on any atom is 0.294 e. The lowest BCUT2D eigenvalue weighted by atomic mass is 10.1. The van der Waals surface area contributed by atoms with Crippen molar-refractivity contribution in [1.29, 1.82) is 0 Å². The molecular weight excluding hydrogens is 395 g/mol. The van der Waals surface area contributed by atoms with Gasteiger partial charge in [-0.1, -0.05) is 54.6 Å². The minimum absolute atomic E-state index is 0.0215. The molecule has 2 amide bonds. The quantitative estimate of drug-likeness (QED) is 0.625. The second-order valence-electron chi connectivity index (χ2n) is 7.22. The van der Waals surface area contributed by atoms with Crippen LogP contribution in [0.15, 0.2) is 84.6 Å². The molecule has 1 N–H and O–H groups in total. The van der Waals surface area contributed by atoms with Crippen molar-refractivity contribution in [2.24, 2.45) is 0 Å². The van der Waals surface area contributed by atoms with Crippen molar-refractivity contribution in [3.8, 4) is 5.75 Å². The summed E-state index contributed by atoms with van der Waals surface area (Å²) in [5.74, 6) is -0.706. The number of hydrogen-bond acceptors (Lipinski definition) is 3. The summed E-state index contributed by atoms with van der Waals surface area (Å²) >= 11 is 0. The highest BCUT2D eigenvalue weighted by Gasteiger charge is 2.31. The molecular formula is C25H21FN2O3. The Morgan fingerprint density at radius 2 is 1.81 bits per heavy atom. The van der Waals surface area contributed by atoms with Crippen LogP contribution < -0.4 is 15.0 Å². The summed E-state index contributed by atoms with van der Waals surface area (Å²) in [4.78, 5) is 27.2. The number of hydrogen-bond donors (Lipinski definition) is 1. The lowest BCUT2D eigenvalue weighted by Gasteiger charge is -2.30. The van der Waals surface area contributed by atoms with Crippen molar-refractivity contribution in [3.05, 3.63) is 102 Å². The van der Waals surface area contributed by atoms with E-state index < -0.39 is 11.7 Å². The Morgan fingerprint density at radius 1 is 1.06 bits per heavy atom. The number of ether oxygens (including phenoxy) is 1. The summed E-state index contributed by atoms with van der Waals surface area (Å²) in [6, 6.07) is 22.2. The van der Waals surface area contributed by atoms with E-state index in [1.165, 1.54) is 23.1 Å². The van der Waals surface area contributed by atoms with Crippen molar-refractivity contribution in [2.45, 2.75) is 13.0 Å². The molecule has 1 aliphatic rings. The second-order valence-corrected chi connectivity index (χ2v) is 7.22. The van der Waals surface area contributed by atoms with Gasteiger partial charge in [-0.2, -0.15) is 0 Å². The zero-order chi connectivity index (χ0) is 21.8. The first-order valence-corrected chi connectivity index (χ1v) is 9.91. The van der Waals surface area contributed by atoms with E-state index in [-0.39, 0.29) is 24.3 Å². The van der Waals surface area contributed by atoms with E-state index in [1.54, 1.807) is 36.4 Å². The lowest BCUT2D eigenvalue weighted by molar-refractivity contribution is -0.123. The minimum atomic E-state index is -0.467. The average Bonchev–Trinajstić information content (AvgIpc) is 2.77. The Hall–Kier alpha value is -3.93. The number of nitrogens with one attached hydrogen (secondary N) is 1. The first kappa shape index (κ1) is 20.3. The standard InChI is InChI=1S/C25H21FN2O3/c1-17(19-9-3-2-4-10-19)27-24(29)16-28-21-12-5-6-13-22(21)31-23(25(28)30)15-18-8-7-11-20(26)14-18/h2-15,17H,16H2,1H3,(H,27,29). The van der Waals surface area contributed by atoms with Crippen LogP contribution in [-0.2, 0) is 9.59 Å². The average molecular weight is 416 g/mol. The van der Waals surface area contributed by atoms with Gasteiger partial charge in [-0.3, -0.25) is 14.5 Å². The van der Waals surface area contributed by atoms with Crippen molar-refractivity contribution in [1.82, 2.24) is 5.32 Å². The van der Waals surface area contributed by atoms with Gasteiger partial charge in [0, 0.05) is 0 Å². The summed E-state index contributed by atoms with van der Waals surface area (Å²) in [5, 5.41) is 2.92. The predicted octanol–water partition coefficient (Wildman–Crippen LogP) is 4.47. The number of fused-ring (bicyclic) bond motifs is 1. The summed E-state index contributed by atoms with van der Waals surface area (Å²) < 4.78 is 19.3. The normalized spacial score (nSPS) is 15.2. The summed E-state index contributed by atoms with van der Waals surface area (Å²) in [5.41, 5.74) is 1.97. The van der Waals surface area contributed by atoms with Crippen molar-refractivity contribution in [2.75, 3.05) is 11.4 Å². The number of amides is 2. The number of halogens is 1. The highest BCUT2D eigenvalue weighted by Crippen LogP contribution is 2.35. The molecule has 0 saturated heterocycles. The molecule has 0 aromatic heterocycles. The van der Waals surface area contributed by atoms with Gasteiger partial charge in [-0.05, 0) is 48.4 Å². The van der Waals surface area contributed by atoms with Crippen LogP contribution in [0.25, 0.3) is 6.08 Å². The molecule has 156 valence electrons. The largest absolute Gasteiger partial charge is 0.449 e. The molecule has 0 bridgehead atoms. The molecule has 0 radical (unpaired) electrons. The molecule has 5 nitrogen and oxygen atoms in total. The van der Waals surface area contributed by atoms with E-state index in [2.05, 4.69) is 5.32 Å². The van der Waals surface area contributed by atoms with Gasteiger partial charge >= 0.3 is 0 Å². The predicted molar refractivity (Wildman–Crippen MR) is 117 cm³/mol. The molecule has 6 heteroatoms. The van der Waals surface area contributed by atoms with Gasteiger partial charge in [-0.25, -0.2) is 4.39 Å². The van der Waals surface area contributed by atoms with Crippen LogP contribution >= 0.6 is 0 Å². The third kappa shape index (κ3) is 4.64. The lowest BCUT2D eigenvalue weighted by Crippen LogP contribution is -2.44. The van der Waals surface area contributed by atoms with Gasteiger partial charge in [0.2, 0.25) is 5.91 Å². The highest BCUT2D eigenvalue weighted by atomic mass is 19.1. The SMILES string of the molecule is CC(NC(=O)CN1C(=O)C(=Cc2cccc(F)c2)Oc2ccccc21)c1ccccc1. The third-order valence-electron chi connectivity index (χ3n) is 4.96. The molecule has 0 fully saturated rings. The Bertz CT molecular complexity index is 1140. The molecule has 1 heterocycles. The van der Waals surface area contributed by atoms with Gasteiger partial charge in [0.15, 0.2) is 11.5 Å². The van der Waals surface area contributed by atoms with E-state index in [4.69, 9.17) is 4.74 Å². The summed E-state index contributed by atoms with van der Waals surface area (Å²) in [6.07, 6.45) is 1.47. The molecule has 1 atom stereocenters. The van der Waals surface area contributed by atoms with Gasteiger partial charge in [0.1, 0.15) is 12.4 Å². The first-order valence-electron chi connectivity index (χ1n) is 9.91. The number of carbonyl (C=O) groups is 2. The maximum absolute atomic E-state index is 13.5. The second kappa shape index (κ2) is 8.83. The van der Waals surface area contributed by atoms with E-state index in [0.717, 1.165) is 5.56 Å². The van der Waals surface area contributed by atoms with E-state index in [1.807, 2.05) is 37.3 Å². The zero-order valence-corrected chi connectivity index (χ0v) is 16.9. The molecule has 1 unspecified atom stereocenters. The zero-order valence-electron chi connectivity index (χ0n) is 16.9. The van der Waals surface area contributed by atoms with Gasteiger partial charge < -0.3 is 10.1 Å². The van der Waals surface area contributed by atoms with Crippen LogP contribution in [0.1, 0.15) is 24.1 Å². The molecule has 0 saturated carbocycles. The molecule has 0 aliphatic carbocycles. The van der Waals surface area contributed by atoms with Crippen molar-refractivity contribution >= 4 is 23.6 Å². The summed E-state index contributed by atoms with van der Waals surface area (Å²) in [6.45, 7) is 1.72. The smallest absolute Gasteiger partial charge is 0.294 e. The monoisotopic (exact) mass is 416 g/mol. The van der Waals surface area contributed by atoms with Gasteiger partial charge in [0.25, 0.3) is 5.91 Å². The van der Waals surface area contributed by atoms with Crippen molar-refractivity contribution in [3.63, 3.8) is 0 Å². The molecule has 31 heavy (non-hydrogen) atoms. The van der Waals surface area contributed by atoms with Crippen molar-refractivity contribution < 1.29 is 18.7 Å². The Balaban J connectivity index is 1.58. The first-order chi connectivity index (χ1) is 15.0. The number of anilines is 1. The third-order valence-corrected chi connectivity index (χ3v) is 4.96. The van der Waals surface area contributed by atoms with E-state index >= 15 is 0 Å². The van der Waals surface area contributed by atoms with E-state index in [0.29, 0.717) is 17.0 Å². The number of carbonyl (C=O) groups excluding carboxylic acids is 2. The fraction of sp³-hybridized carbons (Fsp3) is 0.120. The summed E-state index contributed by atoms with van der Waals surface area (Å²) in [7, 11) is 0. The van der Waals surface area contributed by atoms with Gasteiger partial charge in [0.05, 0.1) is 11.7 Å². The number of nitrogens with zero attached hydrogens (tertiary/aromatic N) is 1. The van der Waals surface area contributed by atoms with Crippen LogP contribution in [0.3, 0.4) is 0 Å². The maximum atomic E-state index is 13.5.